The second-order valence-corrected chi connectivity index (χ2v) is 7.46. The molecule has 3 aromatic rings. The minimum absolute atomic E-state index is 0.171. The zero-order valence-corrected chi connectivity index (χ0v) is 16.0. The third kappa shape index (κ3) is 3.88. The number of pyridine rings is 1. The fourth-order valence-corrected chi connectivity index (χ4v) is 3.61. The number of fused-ring (bicyclic) bond motifs is 1. The summed E-state index contributed by atoms with van der Waals surface area (Å²) in [7, 11) is 1.28. The molecule has 0 fully saturated rings. The van der Waals surface area contributed by atoms with Gasteiger partial charge in [-0.25, -0.2) is 14.3 Å². The number of ether oxygens (including phenoxy) is 1. The van der Waals surface area contributed by atoms with Crippen LogP contribution in [0.2, 0.25) is 5.02 Å². The first-order valence-corrected chi connectivity index (χ1v) is 9.00. The van der Waals surface area contributed by atoms with E-state index < -0.39 is 28.7 Å². The van der Waals surface area contributed by atoms with Crippen LogP contribution in [0.3, 0.4) is 0 Å². The number of halogens is 4. The highest BCUT2D eigenvalue weighted by atomic mass is 35.5. The lowest BCUT2D eigenvalue weighted by Crippen LogP contribution is -2.15. The fraction of sp³-hybridized carbons (Fsp3) is 0.235. The van der Waals surface area contributed by atoms with Crippen molar-refractivity contribution in [2.75, 3.05) is 7.11 Å². The van der Waals surface area contributed by atoms with Crippen LogP contribution in [-0.2, 0) is 15.7 Å². The predicted molar refractivity (Wildman–Crippen MR) is 97.0 cm³/mol. The Kier molecular flexibility index (Phi) is 5.44. The molecule has 0 bridgehead atoms. The molecule has 2 heterocycles. The molecule has 0 radical (unpaired) electrons. The third-order valence-corrected chi connectivity index (χ3v) is 5.11. The maximum Gasteiger partial charge on any atom is 0.425 e. The normalized spacial score (nSPS) is 12.9. The second kappa shape index (κ2) is 7.51. The first-order chi connectivity index (χ1) is 13.1. The number of rotatable bonds is 4. The minimum Gasteiger partial charge on any atom is -0.468 e. The zero-order chi connectivity index (χ0) is 20.6. The van der Waals surface area contributed by atoms with Gasteiger partial charge in [-0.15, -0.1) is 11.8 Å². The van der Waals surface area contributed by atoms with Crippen molar-refractivity contribution >= 4 is 40.4 Å². The average Bonchev–Trinajstić information content (AvgIpc) is 2.95. The molecule has 0 aliphatic rings. The zero-order valence-electron chi connectivity index (χ0n) is 14.4. The van der Waals surface area contributed by atoms with Crippen LogP contribution >= 0.6 is 23.4 Å². The molecule has 0 aliphatic carbocycles. The second-order valence-electron chi connectivity index (χ2n) is 5.64. The van der Waals surface area contributed by atoms with E-state index in [1.165, 1.54) is 31.0 Å². The number of thioether (sulfide) groups is 1. The van der Waals surface area contributed by atoms with E-state index in [0.29, 0.717) is 17.2 Å². The van der Waals surface area contributed by atoms with Crippen LogP contribution in [0.5, 0.6) is 0 Å². The fourth-order valence-electron chi connectivity index (χ4n) is 2.44. The Bertz CT molecular complexity index is 1110. The largest absolute Gasteiger partial charge is 0.468 e. The van der Waals surface area contributed by atoms with Gasteiger partial charge in [-0.05, 0) is 31.2 Å². The Morgan fingerprint density at radius 1 is 1.36 bits per heavy atom. The summed E-state index contributed by atoms with van der Waals surface area (Å²) in [6.07, 6.45) is -4.02. The Morgan fingerprint density at radius 3 is 2.68 bits per heavy atom. The van der Waals surface area contributed by atoms with E-state index in [1.807, 2.05) is 0 Å². The molecule has 0 saturated heterocycles. The molecule has 148 valence electrons. The molecular formula is C17H12ClF3N2O4S. The van der Waals surface area contributed by atoms with Crippen LogP contribution < -0.4 is 5.76 Å². The first kappa shape index (κ1) is 20.3. The van der Waals surface area contributed by atoms with Gasteiger partial charge >= 0.3 is 17.9 Å². The lowest BCUT2D eigenvalue weighted by molar-refractivity contribution is -0.139. The minimum atomic E-state index is -4.61. The topological polar surface area (TPSA) is 74.3 Å². The molecule has 28 heavy (non-hydrogen) atoms. The van der Waals surface area contributed by atoms with Crippen LogP contribution in [-0.4, -0.2) is 27.9 Å². The van der Waals surface area contributed by atoms with Gasteiger partial charge in [0.1, 0.15) is 5.25 Å². The van der Waals surface area contributed by atoms with Gasteiger partial charge in [0.15, 0.2) is 11.4 Å². The molecule has 0 saturated carbocycles. The van der Waals surface area contributed by atoms with Crippen LogP contribution in [0.15, 0.2) is 44.6 Å². The van der Waals surface area contributed by atoms with E-state index >= 15 is 0 Å². The van der Waals surface area contributed by atoms with Gasteiger partial charge in [-0.2, -0.15) is 13.2 Å². The van der Waals surface area contributed by atoms with Crippen molar-refractivity contribution in [2.24, 2.45) is 0 Å². The third-order valence-electron chi connectivity index (χ3n) is 3.76. The molecule has 0 amide bonds. The summed E-state index contributed by atoms with van der Waals surface area (Å²) < 4.78 is 49.2. The number of carbonyl (C=O) groups excluding carboxylic acids is 1. The predicted octanol–water partition coefficient (Wildman–Crippen LogP) is 4.30. The Balaban J connectivity index is 2.03. The highest BCUT2D eigenvalue weighted by Gasteiger charge is 2.32. The summed E-state index contributed by atoms with van der Waals surface area (Å²) in [4.78, 5) is 28.1. The molecule has 0 N–H and O–H groups in total. The van der Waals surface area contributed by atoms with Crippen LogP contribution in [0.25, 0.3) is 16.9 Å². The molecule has 1 aromatic carbocycles. The van der Waals surface area contributed by atoms with Crippen molar-refractivity contribution in [3.63, 3.8) is 0 Å². The highest BCUT2D eigenvalue weighted by molar-refractivity contribution is 8.00. The summed E-state index contributed by atoms with van der Waals surface area (Å²) in [5.41, 5.74) is -0.586. The number of benzene rings is 1. The SMILES string of the molecule is COC(=O)C(C)Sc1ccc2c(c1)oc(=O)n2-c1ncc(C(F)(F)F)cc1Cl. The summed E-state index contributed by atoms with van der Waals surface area (Å²) in [5, 5.41) is -0.834. The van der Waals surface area contributed by atoms with Gasteiger partial charge in [-0.3, -0.25) is 4.79 Å². The summed E-state index contributed by atoms with van der Waals surface area (Å²) in [5.74, 6) is -1.45. The first-order valence-electron chi connectivity index (χ1n) is 7.75. The molecule has 1 atom stereocenters. The van der Waals surface area contributed by atoms with Crippen LogP contribution in [0, 0.1) is 0 Å². The number of esters is 1. The van der Waals surface area contributed by atoms with Crippen molar-refractivity contribution in [3.8, 4) is 5.82 Å². The molecule has 2 aromatic heterocycles. The van der Waals surface area contributed by atoms with Gasteiger partial charge in [0.05, 0.1) is 23.2 Å². The quantitative estimate of drug-likeness (QED) is 0.452. The molecule has 0 spiro atoms. The number of hydrogen-bond acceptors (Lipinski definition) is 6. The number of oxazole rings is 1. The van der Waals surface area contributed by atoms with Crippen LogP contribution in [0.1, 0.15) is 12.5 Å². The van der Waals surface area contributed by atoms with E-state index in [2.05, 4.69) is 9.72 Å². The highest BCUT2D eigenvalue weighted by Crippen LogP contribution is 2.33. The number of nitrogens with zero attached hydrogens (tertiary/aromatic N) is 2. The Morgan fingerprint density at radius 2 is 2.07 bits per heavy atom. The molecule has 11 heteroatoms. The van der Waals surface area contributed by atoms with Crippen molar-refractivity contribution in [1.82, 2.24) is 9.55 Å². The van der Waals surface area contributed by atoms with Gasteiger partial charge in [-0.1, -0.05) is 11.6 Å². The number of methoxy groups -OCH3 is 1. The van der Waals surface area contributed by atoms with Crippen LogP contribution in [0.4, 0.5) is 13.2 Å². The van der Waals surface area contributed by atoms with Gasteiger partial charge in [0.25, 0.3) is 0 Å². The molecule has 6 nitrogen and oxygen atoms in total. The average molecular weight is 433 g/mol. The smallest absolute Gasteiger partial charge is 0.425 e. The van der Waals surface area contributed by atoms with Crippen molar-refractivity contribution in [3.05, 3.63) is 51.6 Å². The van der Waals surface area contributed by atoms with Gasteiger partial charge < -0.3 is 9.15 Å². The lowest BCUT2D eigenvalue weighted by Gasteiger charge is -2.10. The molecule has 3 rings (SSSR count). The monoisotopic (exact) mass is 432 g/mol. The van der Waals surface area contributed by atoms with Crippen molar-refractivity contribution in [2.45, 2.75) is 23.2 Å². The van der Waals surface area contributed by atoms with Crippen molar-refractivity contribution in [1.29, 1.82) is 0 Å². The van der Waals surface area contributed by atoms with Gasteiger partial charge in [0.2, 0.25) is 0 Å². The van der Waals surface area contributed by atoms with E-state index in [-0.39, 0.29) is 21.9 Å². The maximum absolute atomic E-state index is 12.8. The summed E-state index contributed by atoms with van der Waals surface area (Å²) >= 11 is 7.13. The van der Waals surface area contributed by atoms with E-state index in [1.54, 1.807) is 13.0 Å². The summed E-state index contributed by atoms with van der Waals surface area (Å²) in [6, 6.07) is 5.39. The lowest BCUT2D eigenvalue weighted by atomic mass is 10.2. The number of carbonyl (C=O) groups is 1. The molecular weight excluding hydrogens is 421 g/mol. The summed E-state index contributed by atoms with van der Waals surface area (Å²) in [6.45, 7) is 1.66. The van der Waals surface area contributed by atoms with Crippen molar-refractivity contribution < 1.29 is 27.1 Å². The Labute approximate surface area is 165 Å². The van der Waals surface area contributed by atoms with Gasteiger partial charge in [0, 0.05) is 11.1 Å². The van der Waals surface area contributed by atoms with E-state index in [0.717, 1.165) is 4.57 Å². The maximum atomic E-state index is 12.8. The molecule has 1 unspecified atom stereocenters. The van der Waals surface area contributed by atoms with E-state index in [9.17, 15) is 22.8 Å². The Hall–Kier alpha value is -2.46. The number of hydrogen-bond donors (Lipinski definition) is 0. The molecule has 0 aliphatic heterocycles. The standard InChI is InChI=1S/C17H12ClF3N2O4S/c1-8(15(24)26-2)28-10-3-4-12-13(6-10)27-16(25)23(12)14-11(18)5-9(7-22-14)17(19,20)21/h3-8H,1-2H3. The number of aromatic nitrogens is 2. The number of alkyl halides is 3. The van der Waals surface area contributed by atoms with E-state index in [4.69, 9.17) is 16.0 Å².